The number of halogens is 2. The Kier molecular flexibility index (Phi) is 9.99. The third-order valence-electron chi connectivity index (χ3n) is 4.32. The molecule has 1 aromatic rings. The molecule has 0 aromatic heterocycles. The molecule has 1 fully saturated rings. The van der Waals surface area contributed by atoms with Gasteiger partial charge in [-0.25, -0.2) is 0 Å². The molecule has 0 spiro atoms. The molecule has 0 radical (unpaired) electrons. The fourth-order valence-electron chi connectivity index (χ4n) is 3.04. The molecule has 24 heavy (non-hydrogen) atoms. The molecule has 136 valence electrons. The Morgan fingerprint density at radius 2 is 2.21 bits per heavy atom. The van der Waals surface area contributed by atoms with E-state index in [2.05, 4.69) is 49.4 Å². The van der Waals surface area contributed by atoms with E-state index in [0.717, 1.165) is 34.8 Å². The molecule has 1 atom stereocenters. The van der Waals surface area contributed by atoms with Crippen molar-refractivity contribution in [2.75, 3.05) is 33.8 Å². The van der Waals surface area contributed by atoms with Gasteiger partial charge in [-0.15, -0.1) is 24.0 Å². The normalized spacial score (nSPS) is 18.2. The standard InChI is InChI=1S/C17H27BrN4O.HI/c1-4-22-9-5-6-15(22)12-21-17(19-2)20-11-13-10-14(18)7-8-16(13)23-3;/h7-8,10,15H,4-6,9,11-12H2,1-3H3,(H2,19,20,21);1H. The largest absolute Gasteiger partial charge is 0.496 e. The molecule has 0 saturated carbocycles. The van der Waals surface area contributed by atoms with Crippen molar-refractivity contribution < 1.29 is 4.74 Å². The van der Waals surface area contributed by atoms with Crippen molar-refractivity contribution in [3.05, 3.63) is 28.2 Å². The third-order valence-corrected chi connectivity index (χ3v) is 4.82. The summed E-state index contributed by atoms with van der Waals surface area (Å²) in [5, 5.41) is 6.81. The number of hydrogen-bond acceptors (Lipinski definition) is 3. The minimum absolute atomic E-state index is 0. The molecule has 1 aliphatic heterocycles. The number of rotatable bonds is 6. The highest BCUT2D eigenvalue weighted by atomic mass is 127. The van der Waals surface area contributed by atoms with E-state index in [0.29, 0.717) is 12.6 Å². The predicted molar refractivity (Wildman–Crippen MR) is 115 cm³/mol. The molecule has 1 unspecified atom stereocenters. The van der Waals surface area contributed by atoms with E-state index in [1.165, 1.54) is 19.4 Å². The average Bonchev–Trinajstić information content (AvgIpc) is 3.02. The Morgan fingerprint density at radius 1 is 1.42 bits per heavy atom. The summed E-state index contributed by atoms with van der Waals surface area (Å²) in [6.07, 6.45) is 2.55. The van der Waals surface area contributed by atoms with Gasteiger partial charge in [-0.3, -0.25) is 9.89 Å². The van der Waals surface area contributed by atoms with Crippen molar-refractivity contribution in [2.24, 2.45) is 4.99 Å². The van der Waals surface area contributed by atoms with Crippen LogP contribution >= 0.6 is 39.9 Å². The van der Waals surface area contributed by atoms with Gasteiger partial charge in [0.15, 0.2) is 5.96 Å². The number of hydrogen-bond donors (Lipinski definition) is 2. The minimum Gasteiger partial charge on any atom is -0.496 e. The van der Waals surface area contributed by atoms with Gasteiger partial charge in [0.1, 0.15) is 5.75 Å². The number of methoxy groups -OCH3 is 1. The van der Waals surface area contributed by atoms with Crippen LogP contribution in [0, 0.1) is 0 Å². The second-order valence-electron chi connectivity index (χ2n) is 5.69. The lowest BCUT2D eigenvalue weighted by Crippen LogP contribution is -2.44. The zero-order chi connectivity index (χ0) is 16.7. The van der Waals surface area contributed by atoms with Crippen LogP contribution in [-0.2, 0) is 6.54 Å². The van der Waals surface area contributed by atoms with Gasteiger partial charge in [-0.2, -0.15) is 0 Å². The maximum Gasteiger partial charge on any atom is 0.191 e. The monoisotopic (exact) mass is 510 g/mol. The number of guanidine groups is 1. The SMILES string of the molecule is CCN1CCCC1CNC(=NC)NCc1cc(Br)ccc1OC.I. The van der Waals surface area contributed by atoms with E-state index in [1.807, 2.05) is 12.1 Å². The molecule has 1 aliphatic rings. The highest BCUT2D eigenvalue weighted by Crippen LogP contribution is 2.22. The van der Waals surface area contributed by atoms with Crippen molar-refractivity contribution in [2.45, 2.75) is 32.4 Å². The Hall–Kier alpha value is -0.540. The molecule has 5 nitrogen and oxygen atoms in total. The zero-order valence-corrected chi connectivity index (χ0v) is 18.6. The number of nitrogens with zero attached hydrogens (tertiary/aromatic N) is 2. The second kappa shape index (κ2) is 11.1. The topological polar surface area (TPSA) is 48.9 Å². The van der Waals surface area contributed by atoms with Gasteiger partial charge >= 0.3 is 0 Å². The lowest BCUT2D eigenvalue weighted by molar-refractivity contribution is 0.267. The number of nitrogens with one attached hydrogen (secondary N) is 2. The van der Waals surface area contributed by atoms with Crippen LogP contribution in [0.25, 0.3) is 0 Å². The first-order valence-electron chi connectivity index (χ1n) is 8.19. The lowest BCUT2D eigenvalue weighted by atomic mass is 10.2. The average molecular weight is 511 g/mol. The van der Waals surface area contributed by atoms with Gasteiger partial charge in [0.25, 0.3) is 0 Å². The number of likely N-dealkylation sites (N-methyl/N-ethyl adjacent to an activating group) is 1. The van der Waals surface area contributed by atoms with E-state index >= 15 is 0 Å². The molecule has 0 aliphatic carbocycles. The molecule has 0 amide bonds. The van der Waals surface area contributed by atoms with Crippen LogP contribution in [0.15, 0.2) is 27.7 Å². The Morgan fingerprint density at radius 3 is 2.88 bits per heavy atom. The quantitative estimate of drug-likeness (QED) is 0.350. The molecule has 1 heterocycles. The summed E-state index contributed by atoms with van der Waals surface area (Å²) in [5.41, 5.74) is 1.10. The summed E-state index contributed by atoms with van der Waals surface area (Å²) in [4.78, 5) is 6.84. The van der Waals surface area contributed by atoms with Crippen LogP contribution in [0.3, 0.4) is 0 Å². The van der Waals surface area contributed by atoms with Crippen LogP contribution in [0.4, 0.5) is 0 Å². The van der Waals surface area contributed by atoms with Crippen LogP contribution in [0.1, 0.15) is 25.3 Å². The molecule has 1 aromatic carbocycles. The maximum atomic E-state index is 5.41. The van der Waals surface area contributed by atoms with E-state index in [1.54, 1.807) is 14.2 Å². The maximum absolute atomic E-state index is 5.41. The van der Waals surface area contributed by atoms with Gasteiger partial charge < -0.3 is 15.4 Å². The summed E-state index contributed by atoms with van der Waals surface area (Å²) < 4.78 is 6.45. The lowest BCUT2D eigenvalue weighted by Gasteiger charge is -2.24. The number of ether oxygens (including phenoxy) is 1. The van der Waals surface area contributed by atoms with Crippen LogP contribution < -0.4 is 15.4 Å². The smallest absolute Gasteiger partial charge is 0.191 e. The van der Waals surface area contributed by atoms with Crippen LogP contribution in [-0.4, -0.2) is 50.7 Å². The van der Waals surface area contributed by atoms with E-state index < -0.39 is 0 Å². The predicted octanol–water partition coefficient (Wildman–Crippen LogP) is 3.23. The first-order valence-corrected chi connectivity index (χ1v) is 8.98. The summed E-state index contributed by atoms with van der Waals surface area (Å²) >= 11 is 3.50. The molecule has 2 rings (SSSR count). The zero-order valence-electron chi connectivity index (χ0n) is 14.6. The fourth-order valence-corrected chi connectivity index (χ4v) is 3.45. The second-order valence-corrected chi connectivity index (χ2v) is 6.60. The first-order chi connectivity index (χ1) is 11.2. The molecular formula is C17H28BrIN4O. The number of likely N-dealkylation sites (tertiary alicyclic amines) is 1. The first kappa shape index (κ1) is 21.5. The summed E-state index contributed by atoms with van der Waals surface area (Å²) in [6, 6.07) is 6.62. The highest BCUT2D eigenvalue weighted by molar-refractivity contribution is 14.0. The Balaban J connectivity index is 0.00000288. The Bertz CT molecular complexity index is 541. The van der Waals surface area contributed by atoms with Gasteiger partial charge in [-0.05, 0) is 44.1 Å². The molecule has 1 saturated heterocycles. The van der Waals surface area contributed by atoms with Gasteiger partial charge in [0.05, 0.1) is 7.11 Å². The van der Waals surface area contributed by atoms with E-state index in [9.17, 15) is 0 Å². The van der Waals surface area contributed by atoms with Gasteiger partial charge in [0.2, 0.25) is 0 Å². The fraction of sp³-hybridized carbons (Fsp3) is 0.588. The summed E-state index contributed by atoms with van der Waals surface area (Å²) in [5.74, 6) is 1.71. The summed E-state index contributed by atoms with van der Waals surface area (Å²) in [7, 11) is 3.50. The summed E-state index contributed by atoms with van der Waals surface area (Å²) in [6.45, 7) is 6.16. The van der Waals surface area contributed by atoms with Crippen molar-refractivity contribution in [1.82, 2.24) is 15.5 Å². The van der Waals surface area contributed by atoms with Crippen molar-refractivity contribution in [3.63, 3.8) is 0 Å². The number of aliphatic imine (C=N–C) groups is 1. The third kappa shape index (κ3) is 6.07. The van der Waals surface area contributed by atoms with Crippen molar-refractivity contribution in [1.29, 1.82) is 0 Å². The van der Waals surface area contributed by atoms with Gasteiger partial charge in [-0.1, -0.05) is 22.9 Å². The van der Waals surface area contributed by atoms with Crippen LogP contribution in [0.5, 0.6) is 5.75 Å². The molecule has 2 N–H and O–H groups in total. The van der Waals surface area contributed by atoms with E-state index in [-0.39, 0.29) is 24.0 Å². The Labute approximate surface area is 170 Å². The minimum atomic E-state index is 0. The highest BCUT2D eigenvalue weighted by Gasteiger charge is 2.22. The van der Waals surface area contributed by atoms with E-state index in [4.69, 9.17) is 4.74 Å². The molecular weight excluding hydrogens is 483 g/mol. The van der Waals surface area contributed by atoms with Gasteiger partial charge in [0, 0.05) is 36.2 Å². The molecule has 7 heteroatoms. The van der Waals surface area contributed by atoms with Crippen molar-refractivity contribution >= 4 is 45.9 Å². The molecule has 0 bridgehead atoms. The van der Waals surface area contributed by atoms with Crippen molar-refractivity contribution in [3.8, 4) is 5.75 Å². The number of benzene rings is 1. The van der Waals surface area contributed by atoms with Crippen LogP contribution in [0.2, 0.25) is 0 Å².